The van der Waals surface area contributed by atoms with Gasteiger partial charge in [-0.25, -0.2) is 9.69 Å². The van der Waals surface area contributed by atoms with E-state index in [-0.39, 0.29) is 35.8 Å². The third-order valence-electron chi connectivity index (χ3n) is 12.1. The Morgan fingerprint density at radius 2 is 1.08 bits per heavy atom. The number of carbonyl (C=O) groups excluding carboxylic acids is 2. The van der Waals surface area contributed by atoms with E-state index in [0.29, 0.717) is 32.8 Å². The van der Waals surface area contributed by atoms with Crippen molar-refractivity contribution in [2.45, 2.75) is 77.3 Å². The van der Waals surface area contributed by atoms with Crippen LogP contribution in [0.3, 0.4) is 0 Å². The van der Waals surface area contributed by atoms with Crippen LogP contribution in [-0.4, -0.2) is 38.1 Å². The summed E-state index contributed by atoms with van der Waals surface area (Å²) in [7, 11) is 1.45. The number of aryl methyl sites for hydroxylation is 2. The van der Waals surface area contributed by atoms with E-state index >= 15 is 0 Å². The number of nitrogen functional groups attached to an aromatic ring is 2. The molecule has 6 aromatic rings. The van der Waals surface area contributed by atoms with Crippen LogP contribution in [0, 0.1) is 38.8 Å². The van der Waals surface area contributed by atoms with Gasteiger partial charge in [-0.15, -0.1) is 0 Å². The van der Waals surface area contributed by atoms with Crippen molar-refractivity contribution in [3.8, 4) is 22.3 Å². The molecule has 302 valence electrons. The number of hydrogen-bond donors (Lipinski definition) is 3. The third-order valence-corrected chi connectivity index (χ3v) is 12.9. The number of halogens is 2. The SMILES string of the molecule is [C-]#[N+]c1cc2c(-c3cncc(N)c3Cl)cn(C3CCC(C(=O)OC)CC3)c2cc1C.[C-]#[N+]c1cc2c(-c3cncc(N)c3Cl)cn(C3CCC(C(N)=O)CC3)c2cc1C. The Bertz CT molecular complexity index is 2690. The normalized spacial score (nSPS) is 19.0. The predicted octanol–water partition coefficient (Wildman–Crippen LogP) is 10.7. The van der Waals surface area contributed by atoms with Gasteiger partial charge in [-0.05, 0) is 111 Å². The topological polar surface area (TPSA) is 166 Å². The van der Waals surface area contributed by atoms with Gasteiger partial charge in [-0.3, -0.25) is 19.6 Å². The molecule has 0 aliphatic heterocycles. The predicted molar refractivity (Wildman–Crippen MR) is 234 cm³/mol. The van der Waals surface area contributed by atoms with Crippen molar-refractivity contribution in [1.82, 2.24) is 19.1 Å². The molecule has 1 amide bonds. The van der Waals surface area contributed by atoms with Crippen LogP contribution < -0.4 is 17.2 Å². The first-order valence-corrected chi connectivity index (χ1v) is 20.3. The number of anilines is 2. The number of rotatable bonds is 6. The number of carbonyl (C=O) groups is 2. The highest BCUT2D eigenvalue weighted by molar-refractivity contribution is 6.36. The molecule has 0 bridgehead atoms. The summed E-state index contributed by atoms with van der Waals surface area (Å²) in [5.41, 5.74) is 26.8. The second-order valence-electron chi connectivity index (χ2n) is 15.6. The van der Waals surface area contributed by atoms with Gasteiger partial charge in [0.2, 0.25) is 5.91 Å². The van der Waals surface area contributed by atoms with E-state index in [2.05, 4.69) is 53.3 Å². The van der Waals surface area contributed by atoms with Gasteiger partial charge in [-0.2, -0.15) is 0 Å². The maximum absolute atomic E-state index is 11.9. The lowest BCUT2D eigenvalue weighted by molar-refractivity contribution is -0.146. The van der Waals surface area contributed by atoms with Crippen molar-refractivity contribution in [3.05, 3.63) is 105 Å². The summed E-state index contributed by atoms with van der Waals surface area (Å²) >= 11 is 13.0. The van der Waals surface area contributed by atoms with Gasteiger partial charge in [0.05, 0.1) is 60.0 Å². The van der Waals surface area contributed by atoms with Crippen molar-refractivity contribution < 1.29 is 14.3 Å². The van der Waals surface area contributed by atoms with Gasteiger partial charge >= 0.3 is 5.97 Å². The van der Waals surface area contributed by atoms with Gasteiger partial charge in [0.15, 0.2) is 11.4 Å². The van der Waals surface area contributed by atoms with Crippen molar-refractivity contribution >= 4 is 79.6 Å². The highest BCUT2D eigenvalue weighted by Gasteiger charge is 2.30. The molecule has 2 aromatic carbocycles. The molecular weight excluding hydrogens is 785 g/mol. The van der Waals surface area contributed by atoms with E-state index < -0.39 is 0 Å². The summed E-state index contributed by atoms with van der Waals surface area (Å²) in [5.74, 6) is -0.413. The minimum absolute atomic E-state index is 0.0319. The summed E-state index contributed by atoms with van der Waals surface area (Å²) in [6, 6.07) is 8.47. The lowest BCUT2D eigenvalue weighted by Crippen LogP contribution is -2.28. The molecule has 59 heavy (non-hydrogen) atoms. The summed E-state index contributed by atoms with van der Waals surface area (Å²) in [6.07, 6.45) is 17.3. The lowest BCUT2D eigenvalue weighted by atomic mass is 9.85. The first-order valence-electron chi connectivity index (χ1n) is 19.6. The maximum atomic E-state index is 11.9. The molecule has 2 aliphatic rings. The van der Waals surface area contributed by atoms with Crippen molar-refractivity contribution in [3.63, 3.8) is 0 Å². The van der Waals surface area contributed by atoms with Crippen molar-refractivity contribution in [1.29, 1.82) is 0 Å². The number of nitrogens with two attached hydrogens (primary N) is 3. The fourth-order valence-electron chi connectivity index (χ4n) is 8.74. The van der Waals surface area contributed by atoms with Gasteiger partial charge in [0.1, 0.15) is 0 Å². The minimum atomic E-state index is -0.211. The Balaban J connectivity index is 0.000000179. The number of fused-ring (bicyclic) bond motifs is 2. The second-order valence-corrected chi connectivity index (χ2v) is 16.3. The van der Waals surface area contributed by atoms with Gasteiger partial charge in [-0.1, -0.05) is 23.2 Å². The summed E-state index contributed by atoms with van der Waals surface area (Å²) < 4.78 is 9.44. The highest BCUT2D eigenvalue weighted by Crippen LogP contribution is 2.45. The van der Waals surface area contributed by atoms with Crippen LogP contribution in [0.15, 0.2) is 61.4 Å². The molecule has 2 saturated carbocycles. The monoisotopic (exact) mass is 829 g/mol. The van der Waals surface area contributed by atoms with Crippen LogP contribution in [0.1, 0.15) is 74.6 Å². The molecule has 4 aromatic heterocycles. The van der Waals surface area contributed by atoms with Gasteiger partial charge in [0, 0.05) is 76.1 Å². The Morgan fingerprint density at radius 3 is 1.46 bits per heavy atom. The number of esters is 1. The number of nitrogens with zero attached hydrogens (tertiary/aromatic N) is 6. The number of aromatic nitrogens is 4. The Hall–Kier alpha value is -6.08. The maximum Gasteiger partial charge on any atom is 0.308 e. The molecule has 2 aliphatic carbocycles. The average molecular weight is 831 g/mol. The Kier molecular flexibility index (Phi) is 11.9. The summed E-state index contributed by atoms with van der Waals surface area (Å²) in [6.45, 7) is 18.9. The number of methoxy groups -OCH3 is 1. The zero-order valence-corrected chi connectivity index (χ0v) is 34.6. The minimum Gasteiger partial charge on any atom is -0.469 e. The van der Waals surface area contributed by atoms with E-state index in [1.165, 1.54) is 19.5 Å². The van der Waals surface area contributed by atoms with Crippen molar-refractivity contribution in [2.24, 2.45) is 17.6 Å². The van der Waals surface area contributed by atoms with Crippen LogP contribution in [0.25, 0.3) is 53.7 Å². The molecule has 0 radical (unpaired) electrons. The van der Waals surface area contributed by atoms with E-state index in [9.17, 15) is 9.59 Å². The summed E-state index contributed by atoms with van der Waals surface area (Å²) in [4.78, 5) is 39.2. The molecule has 4 heterocycles. The number of primary amides is 1. The molecule has 8 rings (SSSR count). The van der Waals surface area contributed by atoms with Crippen LogP contribution in [0.4, 0.5) is 22.7 Å². The molecular formula is C45H45Cl2N9O3. The fourth-order valence-corrected chi connectivity index (χ4v) is 9.14. The van der Waals surface area contributed by atoms with Crippen molar-refractivity contribution in [2.75, 3.05) is 18.6 Å². The zero-order valence-electron chi connectivity index (χ0n) is 33.1. The smallest absolute Gasteiger partial charge is 0.308 e. The molecule has 0 spiro atoms. The standard InChI is InChI=1S/C23H23ClN4O2.C22H22ClN5O/c1-13-8-21-16(9-20(13)26-2)18(17-10-27-11-19(25)22(17)24)12-28(21)15-6-4-14(5-7-15)23(29)30-3;1-12-7-20-15(8-19(12)26-2)17(16-9-27-10-18(24)21(16)23)11-28(20)14-5-3-13(4-6-14)22(25)29/h8-12,14-15H,4-7,25H2,1,3H3;7-11,13-14H,3-6,24H2,1H3,(H2,25,29). The lowest BCUT2D eigenvalue weighted by Gasteiger charge is -2.28. The van der Waals surface area contributed by atoms with Crippen LogP contribution >= 0.6 is 23.2 Å². The number of pyridine rings is 2. The number of ether oxygens (including phenoxy) is 1. The molecule has 14 heteroatoms. The van der Waals surface area contributed by atoms with Crippen LogP contribution in [-0.2, 0) is 14.3 Å². The molecule has 0 unspecified atom stereocenters. The van der Waals surface area contributed by atoms with E-state index in [1.807, 2.05) is 26.0 Å². The van der Waals surface area contributed by atoms with E-state index in [0.717, 1.165) is 107 Å². The van der Waals surface area contributed by atoms with Gasteiger partial charge in [0.25, 0.3) is 0 Å². The fraction of sp³-hybridized carbons (Fsp3) is 0.333. The van der Waals surface area contributed by atoms with Crippen LogP contribution in [0.5, 0.6) is 0 Å². The van der Waals surface area contributed by atoms with E-state index in [1.54, 1.807) is 12.4 Å². The second kappa shape index (κ2) is 17.0. The molecule has 12 nitrogen and oxygen atoms in total. The molecule has 0 saturated heterocycles. The van der Waals surface area contributed by atoms with Gasteiger partial charge < -0.3 is 31.1 Å². The number of benzene rings is 2. The average Bonchev–Trinajstić information content (AvgIpc) is 3.79. The Morgan fingerprint density at radius 1 is 0.678 bits per heavy atom. The zero-order chi connectivity index (χ0) is 42.1. The molecule has 6 N–H and O–H groups in total. The van der Waals surface area contributed by atoms with E-state index in [4.69, 9.17) is 58.3 Å². The van der Waals surface area contributed by atoms with Crippen LogP contribution in [0.2, 0.25) is 10.0 Å². The third kappa shape index (κ3) is 7.91. The largest absolute Gasteiger partial charge is 0.469 e. The first kappa shape index (κ1) is 41.1. The Labute approximate surface area is 352 Å². The molecule has 2 fully saturated rings. The first-order chi connectivity index (χ1) is 28.3. The summed E-state index contributed by atoms with van der Waals surface area (Å²) in [5, 5.41) is 2.83. The molecule has 0 atom stereocenters. The highest BCUT2D eigenvalue weighted by atomic mass is 35.5. The number of amides is 1. The quantitative estimate of drug-likeness (QED) is 0.111. The number of hydrogen-bond acceptors (Lipinski definition) is 7.